The van der Waals surface area contributed by atoms with E-state index in [9.17, 15) is 4.79 Å². The van der Waals surface area contributed by atoms with Crippen molar-refractivity contribution in [2.24, 2.45) is 0 Å². The summed E-state index contributed by atoms with van der Waals surface area (Å²) in [7, 11) is 1.63. The minimum atomic E-state index is -0.0743. The van der Waals surface area contributed by atoms with Crippen LogP contribution in [0.2, 0.25) is 0 Å². The first kappa shape index (κ1) is 17.5. The first-order valence-electron chi connectivity index (χ1n) is 8.55. The van der Waals surface area contributed by atoms with E-state index in [0.29, 0.717) is 12.1 Å². The molecule has 5 nitrogen and oxygen atoms in total. The van der Waals surface area contributed by atoms with Crippen LogP contribution in [-0.4, -0.2) is 44.2 Å². The number of carbonyl (C=O) groups excluding carboxylic acids is 1. The Kier molecular flexibility index (Phi) is 6.04. The fourth-order valence-corrected chi connectivity index (χ4v) is 2.95. The fraction of sp³-hybridized carbons (Fsp3) is 0.350. The highest BCUT2D eigenvalue weighted by Gasteiger charge is 2.12. The van der Waals surface area contributed by atoms with Gasteiger partial charge in [0.2, 0.25) is 0 Å². The molecule has 3 rings (SSSR count). The average molecular weight is 340 g/mol. The third-order valence-electron chi connectivity index (χ3n) is 4.33. The van der Waals surface area contributed by atoms with Gasteiger partial charge in [0.05, 0.1) is 20.3 Å². The number of rotatable bonds is 6. The summed E-state index contributed by atoms with van der Waals surface area (Å²) >= 11 is 0. The molecule has 0 bridgehead atoms. The summed E-state index contributed by atoms with van der Waals surface area (Å²) < 4.78 is 10.7. The van der Waals surface area contributed by atoms with Crippen molar-refractivity contribution in [2.45, 2.75) is 13.1 Å². The Balaban J connectivity index is 1.61. The number of hydrogen-bond acceptors (Lipinski definition) is 4. The summed E-state index contributed by atoms with van der Waals surface area (Å²) in [5.41, 5.74) is 2.79. The van der Waals surface area contributed by atoms with Gasteiger partial charge in [-0.25, -0.2) is 0 Å². The molecule has 1 aliphatic heterocycles. The first-order chi connectivity index (χ1) is 12.3. The van der Waals surface area contributed by atoms with Gasteiger partial charge >= 0.3 is 0 Å². The molecule has 1 amide bonds. The number of nitrogens with one attached hydrogen (secondary N) is 1. The monoisotopic (exact) mass is 340 g/mol. The molecule has 1 aliphatic rings. The second-order valence-electron chi connectivity index (χ2n) is 6.08. The lowest BCUT2D eigenvalue weighted by Crippen LogP contribution is -2.35. The standard InChI is InChI=1S/C20H24N2O3/c1-24-19-8-3-2-6-18(19)14-21-20(23)17-7-4-5-16(13-17)15-22-9-11-25-12-10-22/h2-8,13H,9-12,14-15H2,1H3,(H,21,23). The Morgan fingerprint density at radius 2 is 1.96 bits per heavy atom. The SMILES string of the molecule is COc1ccccc1CNC(=O)c1cccc(CN2CCOCC2)c1. The number of amides is 1. The van der Waals surface area contributed by atoms with Crippen LogP contribution in [0.3, 0.4) is 0 Å². The molecule has 0 atom stereocenters. The summed E-state index contributed by atoms with van der Waals surface area (Å²) in [5, 5.41) is 2.97. The number of benzene rings is 2. The normalized spacial score (nSPS) is 14.9. The Hall–Kier alpha value is -2.37. The van der Waals surface area contributed by atoms with Gasteiger partial charge in [0.1, 0.15) is 5.75 Å². The number of morpholine rings is 1. The maximum atomic E-state index is 12.5. The van der Waals surface area contributed by atoms with Gasteiger partial charge in [-0.2, -0.15) is 0 Å². The highest BCUT2D eigenvalue weighted by atomic mass is 16.5. The number of ether oxygens (including phenoxy) is 2. The Morgan fingerprint density at radius 3 is 2.76 bits per heavy atom. The van der Waals surface area contributed by atoms with Crippen LogP contribution < -0.4 is 10.1 Å². The average Bonchev–Trinajstić information content (AvgIpc) is 2.67. The third-order valence-corrected chi connectivity index (χ3v) is 4.33. The Bertz CT molecular complexity index is 712. The van der Waals surface area contributed by atoms with E-state index in [1.807, 2.05) is 42.5 Å². The molecule has 0 aliphatic carbocycles. The van der Waals surface area contributed by atoms with Crippen LogP contribution in [0, 0.1) is 0 Å². The Morgan fingerprint density at radius 1 is 1.16 bits per heavy atom. The van der Waals surface area contributed by atoms with Crippen molar-refractivity contribution in [2.75, 3.05) is 33.4 Å². The largest absolute Gasteiger partial charge is 0.496 e. The van der Waals surface area contributed by atoms with Crippen LogP contribution in [0.15, 0.2) is 48.5 Å². The smallest absolute Gasteiger partial charge is 0.251 e. The van der Waals surface area contributed by atoms with E-state index < -0.39 is 0 Å². The van der Waals surface area contributed by atoms with Crippen LogP contribution in [0.1, 0.15) is 21.5 Å². The van der Waals surface area contributed by atoms with Crippen LogP contribution >= 0.6 is 0 Å². The molecule has 1 saturated heterocycles. The van der Waals surface area contributed by atoms with E-state index in [1.54, 1.807) is 7.11 Å². The molecular formula is C20H24N2O3. The zero-order valence-corrected chi connectivity index (χ0v) is 14.5. The van der Waals surface area contributed by atoms with Crippen LogP contribution in [0.5, 0.6) is 5.75 Å². The number of nitrogens with zero attached hydrogens (tertiary/aromatic N) is 1. The van der Waals surface area contributed by atoms with E-state index >= 15 is 0 Å². The molecule has 1 heterocycles. The zero-order chi connectivity index (χ0) is 17.5. The molecule has 0 unspecified atom stereocenters. The molecule has 0 spiro atoms. The summed E-state index contributed by atoms with van der Waals surface area (Å²) in [5.74, 6) is 0.707. The summed E-state index contributed by atoms with van der Waals surface area (Å²) in [6.07, 6.45) is 0. The van der Waals surface area contributed by atoms with E-state index in [0.717, 1.165) is 49.7 Å². The van der Waals surface area contributed by atoms with Gasteiger partial charge in [-0.1, -0.05) is 30.3 Å². The molecule has 0 radical (unpaired) electrons. The molecule has 0 aromatic heterocycles. The minimum Gasteiger partial charge on any atom is -0.496 e. The Labute approximate surface area is 148 Å². The molecule has 2 aromatic carbocycles. The molecule has 1 N–H and O–H groups in total. The lowest BCUT2D eigenvalue weighted by molar-refractivity contribution is 0.0342. The van der Waals surface area contributed by atoms with E-state index in [-0.39, 0.29) is 5.91 Å². The van der Waals surface area contributed by atoms with Crippen LogP contribution in [-0.2, 0) is 17.8 Å². The summed E-state index contributed by atoms with van der Waals surface area (Å²) in [6, 6.07) is 15.5. The molecule has 25 heavy (non-hydrogen) atoms. The van der Waals surface area contributed by atoms with Gasteiger partial charge in [0, 0.05) is 37.3 Å². The molecule has 0 saturated carbocycles. The highest BCUT2D eigenvalue weighted by Crippen LogP contribution is 2.17. The van der Waals surface area contributed by atoms with E-state index in [2.05, 4.69) is 16.3 Å². The van der Waals surface area contributed by atoms with Crippen LogP contribution in [0.4, 0.5) is 0 Å². The maximum Gasteiger partial charge on any atom is 0.251 e. The quantitative estimate of drug-likeness (QED) is 0.878. The predicted octanol–water partition coefficient (Wildman–Crippen LogP) is 2.46. The number of methoxy groups -OCH3 is 1. The summed E-state index contributed by atoms with van der Waals surface area (Å²) in [4.78, 5) is 14.8. The van der Waals surface area contributed by atoms with Gasteiger partial charge in [0.25, 0.3) is 5.91 Å². The second-order valence-corrected chi connectivity index (χ2v) is 6.08. The molecular weight excluding hydrogens is 316 g/mol. The van der Waals surface area contributed by atoms with Gasteiger partial charge in [-0.05, 0) is 23.8 Å². The number of carbonyl (C=O) groups is 1. The minimum absolute atomic E-state index is 0.0743. The van der Waals surface area contributed by atoms with Gasteiger partial charge in [-0.3, -0.25) is 9.69 Å². The van der Waals surface area contributed by atoms with Crippen molar-refractivity contribution in [3.8, 4) is 5.75 Å². The van der Waals surface area contributed by atoms with Crippen molar-refractivity contribution >= 4 is 5.91 Å². The topological polar surface area (TPSA) is 50.8 Å². The van der Waals surface area contributed by atoms with Gasteiger partial charge in [0.15, 0.2) is 0 Å². The summed E-state index contributed by atoms with van der Waals surface area (Å²) in [6.45, 7) is 4.71. The van der Waals surface area contributed by atoms with Crippen LogP contribution in [0.25, 0.3) is 0 Å². The fourth-order valence-electron chi connectivity index (χ4n) is 2.95. The molecule has 5 heteroatoms. The van der Waals surface area contributed by atoms with Crippen molar-refractivity contribution in [3.05, 3.63) is 65.2 Å². The molecule has 1 fully saturated rings. The second kappa shape index (κ2) is 8.65. The van der Waals surface area contributed by atoms with Gasteiger partial charge in [-0.15, -0.1) is 0 Å². The number of hydrogen-bond donors (Lipinski definition) is 1. The first-order valence-corrected chi connectivity index (χ1v) is 8.55. The maximum absolute atomic E-state index is 12.5. The van der Waals surface area contributed by atoms with Crippen molar-refractivity contribution in [1.82, 2.24) is 10.2 Å². The molecule has 2 aromatic rings. The van der Waals surface area contributed by atoms with Gasteiger partial charge < -0.3 is 14.8 Å². The van der Waals surface area contributed by atoms with Crippen molar-refractivity contribution in [3.63, 3.8) is 0 Å². The zero-order valence-electron chi connectivity index (χ0n) is 14.5. The lowest BCUT2D eigenvalue weighted by atomic mass is 10.1. The van der Waals surface area contributed by atoms with E-state index in [4.69, 9.17) is 9.47 Å². The number of para-hydroxylation sites is 1. The lowest BCUT2D eigenvalue weighted by Gasteiger charge is -2.26. The van der Waals surface area contributed by atoms with E-state index in [1.165, 1.54) is 0 Å². The van der Waals surface area contributed by atoms with Crippen molar-refractivity contribution < 1.29 is 14.3 Å². The molecule has 132 valence electrons. The third kappa shape index (κ3) is 4.81. The highest BCUT2D eigenvalue weighted by molar-refractivity contribution is 5.94. The van der Waals surface area contributed by atoms with Crippen molar-refractivity contribution in [1.29, 1.82) is 0 Å². The predicted molar refractivity (Wildman–Crippen MR) is 96.7 cm³/mol.